The summed E-state index contributed by atoms with van der Waals surface area (Å²) in [6.45, 7) is 4.55. The van der Waals surface area contributed by atoms with Crippen LogP contribution in [0.1, 0.15) is 31.4 Å². The molecule has 0 bridgehead atoms. The maximum atomic E-state index is 12.3. The van der Waals surface area contributed by atoms with E-state index in [1.165, 1.54) is 6.92 Å². The largest absolute Gasteiger partial charge is 0.342 e. The molecule has 0 atom stereocenters. The molecule has 0 aliphatic rings. The van der Waals surface area contributed by atoms with Crippen LogP contribution >= 0.6 is 11.6 Å². The highest BCUT2D eigenvalue weighted by Crippen LogP contribution is 2.16. The third-order valence-corrected chi connectivity index (χ3v) is 4.52. The number of halogens is 1. The van der Waals surface area contributed by atoms with E-state index in [4.69, 9.17) is 11.6 Å². The lowest BCUT2D eigenvalue weighted by Gasteiger charge is -2.21. The number of nitrogens with zero attached hydrogens (tertiary/aromatic N) is 1. The van der Waals surface area contributed by atoms with Gasteiger partial charge in [0.25, 0.3) is 0 Å². The molecule has 0 aromatic heterocycles. The van der Waals surface area contributed by atoms with Gasteiger partial charge in [0.15, 0.2) is 0 Å². The lowest BCUT2D eigenvalue weighted by atomic mass is 10.1. The molecule has 0 saturated carbocycles. The van der Waals surface area contributed by atoms with Crippen molar-refractivity contribution in [3.8, 4) is 0 Å². The van der Waals surface area contributed by atoms with Gasteiger partial charge >= 0.3 is 0 Å². The zero-order valence-electron chi connectivity index (χ0n) is 15.3. The van der Waals surface area contributed by atoms with E-state index in [2.05, 4.69) is 12.2 Å². The minimum absolute atomic E-state index is 0.0335. The van der Waals surface area contributed by atoms with Crippen molar-refractivity contribution < 1.29 is 9.59 Å². The lowest BCUT2D eigenvalue weighted by Crippen LogP contribution is -2.33. The Labute approximate surface area is 160 Å². The lowest BCUT2D eigenvalue weighted by molar-refractivity contribution is -0.129. The first kappa shape index (κ1) is 20.0. The van der Waals surface area contributed by atoms with E-state index in [9.17, 15) is 9.59 Å². The molecule has 0 fully saturated rings. The molecule has 2 aromatic carbocycles. The SMILES string of the molecule is CCc1ccccc1NC(=O)CCN(CCc1cccc(Cl)c1)C(C)=O. The summed E-state index contributed by atoms with van der Waals surface area (Å²) in [5.74, 6) is -0.117. The van der Waals surface area contributed by atoms with E-state index in [1.54, 1.807) is 4.90 Å². The van der Waals surface area contributed by atoms with E-state index in [0.717, 1.165) is 23.2 Å². The molecular weight excluding hydrogens is 348 g/mol. The molecule has 138 valence electrons. The Morgan fingerprint density at radius 3 is 2.54 bits per heavy atom. The topological polar surface area (TPSA) is 49.4 Å². The average Bonchev–Trinajstić information content (AvgIpc) is 2.62. The van der Waals surface area contributed by atoms with Crippen LogP contribution in [0.5, 0.6) is 0 Å². The van der Waals surface area contributed by atoms with Gasteiger partial charge in [-0.05, 0) is 42.2 Å². The van der Waals surface area contributed by atoms with Crippen molar-refractivity contribution in [3.05, 3.63) is 64.7 Å². The van der Waals surface area contributed by atoms with Crippen LogP contribution in [0.2, 0.25) is 5.02 Å². The smallest absolute Gasteiger partial charge is 0.226 e. The minimum Gasteiger partial charge on any atom is -0.342 e. The van der Waals surface area contributed by atoms with Gasteiger partial charge in [0.1, 0.15) is 0 Å². The Morgan fingerprint density at radius 2 is 1.85 bits per heavy atom. The number of para-hydroxylation sites is 1. The summed E-state index contributed by atoms with van der Waals surface area (Å²) in [5, 5.41) is 3.63. The number of aryl methyl sites for hydroxylation is 1. The van der Waals surface area contributed by atoms with Crippen molar-refractivity contribution in [2.45, 2.75) is 33.1 Å². The fraction of sp³-hybridized carbons (Fsp3) is 0.333. The Morgan fingerprint density at radius 1 is 1.08 bits per heavy atom. The van der Waals surface area contributed by atoms with Crippen LogP contribution in [0.3, 0.4) is 0 Å². The highest BCUT2D eigenvalue weighted by atomic mass is 35.5. The number of rotatable bonds is 8. The maximum Gasteiger partial charge on any atom is 0.226 e. The molecule has 0 spiro atoms. The Hall–Kier alpha value is -2.33. The maximum absolute atomic E-state index is 12.3. The molecule has 4 nitrogen and oxygen atoms in total. The van der Waals surface area contributed by atoms with Crippen LogP contribution in [0, 0.1) is 0 Å². The molecule has 2 amide bonds. The predicted molar refractivity (Wildman–Crippen MR) is 106 cm³/mol. The first-order valence-corrected chi connectivity index (χ1v) is 9.25. The van der Waals surface area contributed by atoms with Gasteiger partial charge in [-0.3, -0.25) is 9.59 Å². The second kappa shape index (κ2) is 9.97. The number of hydrogen-bond acceptors (Lipinski definition) is 2. The summed E-state index contributed by atoms with van der Waals surface area (Å²) < 4.78 is 0. The van der Waals surface area contributed by atoms with Gasteiger partial charge in [-0.15, -0.1) is 0 Å². The molecule has 1 N–H and O–H groups in total. The fourth-order valence-electron chi connectivity index (χ4n) is 2.78. The first-order valence-electron chi connectivity index (χ1n) is 8.87. The normalized spacial score (nSPS) is 10.4. The molecule has 0 saturated heterocycles. The standard InChI is InChI=1S/C21H25ClN2O2/c1-3-18-8-4-5-10-20(18)23-21(26)12-14-24(16(2)25)13-11-17-7-6-9-19(22)15-17/h4-10,15H,3,11-14H2,1-2H3,(H,23,26). The van der Waals surface area contributed by atoms with Gasteiger partial charge in [0.2, 0.25) is 11.8 Å². The zero-order chi connectivity index (χ0) is 18.9. The van der Waals surface area contributed by atoms with Crippen molar-refractivity contribution in [2.75, 3.05) is 18.4 Å². The number of hydrogen-bond donors (Lipinski definition) is 1. The van der Waals surface area contributed by atoms with Crippen LogP contribution < -0.4 is 5.32 Å². The van der Waals surface area contributed by atoms with E-state index in [0.29, 0.717) is 24.5 Å². The molecule has 2 rings (SSSR count). The summed E-state index contributed by atoms with van der Waals surface area (Å²) in [6, 6.07) is 15.4. The zero-order valence-corrected chi connectivity index (χ0v) is 16.1. The van der Waals surface area contributed by atoms with E-state index in [1.807, 2.05) is 48.5 Å². The van der Waals surface area contributed by atoms with Crippen LogP contribution in [0.25, 0.3) is 0 Å². The Balaban J connectivity index is 1.87. The van der Waals surface area contributed by atoms with E-state index in [-0.39, 0.29) is 18.2 Å². The number of carbonyl (C=O) groups excluding carboxylic acids is 2. The number of anilines is 1. The highest BCUT2D eigenvalue weighted by Gasteiger charge is 2.12. The predicted octanol–water partition coefficient (Wildman–Crippen LogP) is 4.32. The average molecular weight is 373 g/mol. The molecule has 0 aliphatic heterocycles. The molecular formula is C21H25ClN2O2. The number of benzene rings is 2. The molecule has 0 heterocycles. The quantitative estimate of drug-likeness (QED) is 0.750. The summed E-state index contributed by atoms with van der Waals surface area (Å²) in [7, 11) is 0. The van der Waals surface area contributed by atoms with Crippen molar-refractivity contribution in [1.82, 2.24) is 4.90 Å². The molecule has 0 radical (unpaired) electrons. The third-order valence-electron chi connectivity index (χ3n) is 4.29. The van der Waals surface area contributed by atoms with E-state index >= 15 is 0 Å². The van der Waals surface area contributed by atoms with Crippen LogP contribution in [0.15, 0.2) is 48.5 Å². The fourth-order valence-corrected chi connectivity index (χ4v) is 3.00. The van der Waals surface area contributed by atoms with Crippen molar-refractivity contribution in [3.63, 3.8) is 0 Å². The van der Waals surface area contributed by atoms with Crippen LogP contribution in [-0.4, -0.2) is 29.8 Å². The van der Waals surface area contributed by atoms with Gasteiger partial charge in [-0.2, -0.15) is 0 Å². The van der Waals surface area contributed by atoms with Gasteiger partial charge < -0.3 is 10.2 Å². The molecule has 0 aliphatic carbocycles. The van der Waals surface area contributed by atoms with Gasteiger partial charge in [0, 0.05) is 37.1 Å². The number of carbonyl (C=O) groups is 2. The van der Waals surface area contributed by atoms with Gasteiger partial charge in [-0.25, -0.2) is 0 Å². The van der Waals surface area contributed by atoms with Crippen molar-refractivity contribution in [1.29, 1.82) is 0 Å². The molecule has 2 aromatic rings. The minimum atomic E-state index is -0.0834. The van der Waals surface area contributed by atoms with Gasteiger partial charge in [-0.1, -0.05) is 48.9 Å². The summed E-state index contributed by atoms with van der Waals surface area (Å²) in [6.07, 6.45) is 1.84. The molecule has 0 unspecified atom stereocenters. The summed E-state index contributed by atoms with van der Waals surface area (Å²) in [4.78, 5) is 25.8. The van der Waals surface area contributed by atoms with E-state index < -0.39 is 0 Å². The van der Waals surface area contributed by atoms with Gasteiger partial charge in [0.05, 0.1) is 0 Å². The second-order valence-electron chi connectivity index (χ2n) is 6.19. The molecule has 5 heteroatoms. The van der Waals surface area contributed by atoms with Crippen LogP contribution in [0.4, 0.5) is 5.69 Å². The third kappa shape index (κ3) is 6.19. The number of nitrogens with one attached hydrogen (secondary N) is 1. The summed E-state index contributed by atoms with van der Waals surface area (Å²) >= 11 is 5.99. The second-order valence-corrected chi connectivity index (χ2v) is 6.63. The monoisotopic (exact) mass is 372 g/mol. The summed E-state index contributed by atoms with van der Waals surface area (Å²) in [5.41, 5.74) is 3.02. The molecule has 26 heavy (non-hydrogen) atoms. The van der Waals surface area contributed by atoms with Crippen molar-refractivity contribution in [2.24, 2.45) is 0 Å². The first-order chi connectivity index (χ1) is 12.5. The Kier molecular flexibility index (Phi) is 7.67. The van der Waals surface area contributed by atoms with Crippen LogP contribution in [-0.2, 0) is 22.4 Å². The Bertz CT molecular complexity index is 761. The van der Waals surface area contributed by atoms with Crippen molar-refractivity contribution >= 4 is 29.1 Å². The highest BCUT2D eigenvalue weighted by molar-refractivity contribution is 6.30. The number of amides is 2.